The zero-order chi connectivity index (χ0) is 19.4. The van der Waals surface area contributed by atoms with E-state index in [0.29, 0.717) is 32.3 Å². The first-order valence-corrected chi connectivity index (χ1v) is 10.3. The van der Waals surface area contributed by atoms with E-state index >= 15 is 0 Å². The molecule has 0 fully saturated rings. The minimum atomic E-state index is -3.66. The fraction of sp³-hybridized carbons (Fsp3) is 0.0556. The van der Waals surface area contributed by atoms with Crippen molar-refractivity contribution in [2.24, 2.45) is 4.99 Å². The van der Waals surface area contributed by atoms with Crippen LogP contribution in [-0.2, 0) is 16.6 Å². The fourth-order valence-electron chi connectivity index (χ4n) is 2.17. The van der Waals surface area contributed by atoms with E-state index in [0.717, 1.165) is 0 Å². The van der Waals surface area contributed by atoms with Gasteiger partial charge in [0.15, 0.2) is 0 Å². The van der Waals surface area contributed by atoms with Gasteiger partial charge in [-0.05, 0) is 54.6 Å². The van der Waals surface area contributed by atoms with E-state index in [4.69, 9.17) is 39.2 Å². The third-order valence-corrected chi connectivity index (χ3v) is 5.54. The van der Waals surface area contributed by atoms with Crippen molar-refractivity contribution in [3.8, 4) is 0 Å². The lowest BCUT2D eigenvalue weighted by Crippen LogP contribution is -2.22. The standard InChI is InChI=1S/C18H13Cl3N2O3S/c19-12-1-5-18(6-2-12)27(24,25)23-11-17-4-3-16(26-17)10-22-15-8-13(20)7-14(21)9-15/h1-10,23H,11H2. The lowest BCUT2D eigenvalue weighted by atomic mass is 10.3. The van der Waals surface area contributed by atoms with Gasteiger partial charge in [-0.3, -0.25) is 4.99 Å². The molecule has 140 valence electrons. The van der Waals surface area contributed by atoms with Crippen molar-refractivity contribution in [3.05, 3.63) is 81.2 Å². The molecule has 2 aromatic carbocycles. The Morgan fingerprint density at radius 3 is 2.26 bits per heavy atom. The second kappa shape index (κ2) is 8.46. The van der Waals surface area contributed by atoms with Gasteiger partial charge in [0.1, 0.15) is 11.5 Å². The molecule has 0 saturated heterocycles. The third-order valence-electron chi connectivity index (χ3n) is 3.43. The predicted molar refractivity (Wildman–Crippen MR) is 108 cm³/mol. The molecule has 1 heterocycles. The summed E-state index contributed by atoms with van der Waals surface area (Å²) in [5.41, 5.74) is 0.578. The minimum absolute atomic E-state index is 0.00178. The molecule has 0 bridgehead atoms. The molecule has 5 nitrogen and oxygen atoms in total. The topological polar surface area (TPSA) is 71.7 Å². The largest absolute Gasteiger partial charge is 0.459 e. The minimum Gasteiger partial charge on any atom is -0.459 e. The highest BCUT2D eigenvalue weighted by Gasteiger charge is 2.14. The van der Waals surface area contributed by atoms with Gasteiger partial charge in [0.2, 0.25) is 10.0 Å². The second-order valence-corrected chi connectivity index (χ2v) is 8.54. The summed E-state index contributed by atoms with van der Waals surface area (Å²) >= 11 is 17.6. The molecule has 0 aliphatic carbocycles. The smallest absolute Gasteiger partial charge is 0.240 e. The first kappa shape index (κ1) is 19.9. The third kappa shape index (κ3) is 5.57. The van der Waals surface area contributed by atoms with E-state index in [9.17, 15) is 8.42 Å². The van der Waals surface area contributed by atoms with Crippen molar-refractivity contribution in [2.75, 3.05) is 0 Å². The molecule has 1 aromatic heterocycles. The van der Waals surface area contributed by atoms with E-state index in [2.05, 4.69) is 9.71 Å². The number of furan rings is 1. The van der Waals surface area contributed by atoms with Gasteiger partial charge in [-0.25, -0.2) is 13.1 Å². The molecule has 0 saturated carbocycles. The number of hydrogen-bond acceptors (Lipinski definition) is 4. The summed E-state index contributed by atoms with van der Waals surface area (Å²) in [6, 6.07) is 14.2. The van der Waals surface area contributed by atoms with Crippen molar-refractivity contribution in [1.82, 2.24) is 4.72 Å². The predicted octanol–water partition coefficient (Wildman–Crippen LogP) is 5.47. The van der Waals surface area contributed by atoms with Gasteiger partial charge in [-0.15, -0.1) is 0 Å². The Labute approximate surface area is 171 Å². The zero-order valence-corrected chi connectivity index (χ0v) is 16.8. The quantitative estimate of drug-likeness (QED) is 0.514. The van der Waals surface area contributed by atoms with Crippen LogP contribution in [0.15, 0.2) is 68.9 Å². The normalized spacial score (nSPS) is 12.0. The molecule has 0 radical (unpaired) electrons. The number of hydrogen-bond donors (Lipinski definition) is 1. The SMILES string of the molecule is O=S(=O)(NCc1ccc(C=Nc2cc(Cl)cc(Cl)c2)o1)c1ccc(Cl)cc1. The number of aliphatic imine (C=N–C) groups is 1. The number of rotatable bonds is 6. The maximum Gasteiger partial charge on any atom is 0.240 e. The van der Waals surface area contributed by atoms with Gasteiger partial charge in [0, 0.05) is 15.1 Å². The molecule has 9 heteroatoms. The number of nitrogens with zero attached hydrogens (tertiary/aromatic N) is 1. The van der Waals surface area contributed by atoms with Crippen LogP contribution in [0.3, 0.4) is 0 Å². The highest BCUT2D eigenvalue weighted by atomic mass is 35.5. The first-order valence-electron chi connectivity index (χ1n) is 7.66. The summed E-state index contributed by atoms with van der Waals surface area (Å²) in [6.07, 6.45) is 1.50. The van der Waals surface area contributed by atoms with Crippen molar-refractivity contribution >= 4 is 56.7 Å². The van der Waals surface area contributed by atoms with Crippen LogP contribution < -0.4 is 4.72 Å². The molecule has 3 rings (SSSR count). The van der Waals surface area contributed by atoms with Crippen molar-refractivity contribution < 1.29 is 12.8 Å². The van der Waals surface area contributed by atoms with Gasteiger partial charge in [-0.2, -0.15) is 0 Å². The van der Waals surface area contributed by atoms with Crippen LogP contribution in [-0.4, -0.2) is 14.6 Å². The molecule has 0 unspecified atom stereocenters. The van der Waals surface area contributed by atoms with Crippen LogP contribution in [0.5, 0.6) is 0 Å². The Kier molecular flexibility index (Phi) is 6.24. The first-order chi connectivity index (χ1) is 12.8. The van der Waals surface area contributed by atoms with E-state index in [1.54, 1.807) is 30.3 Å². The Hall–Kier alpha value is -1.83. The second-order valence-electron chi connectivity index (χ2n) is 5.47. The Morgan fingerprint density at radius 2 is 1.59 bits per heavy atom. The van der Waals surface area contributed by atoms with Gasteiger partial charge >= 0.3 is 0 Å². The van der Waals surface area contributed by atoms with Crippen LogP contribution in [0, 0.1) is 0 Å². The Balaban J connectivity index is 1.65. The van der Waals surface area contributed by atoms with E-state index in [1.807, 2.05) is 0 Å². The fourth-order valence-corrected chi connectivity index (χ4v) is 3.81. The average molecular weight is 444 g/mol. The monoisotopic (exact) mass is 442 g/mol. The maximum atomic E-state index is 12.3. The molecule has 3 aromatic rings. The van der Waals surface area contributed by atoms with Crippen LogP contribution in [0.1, 0.15) is 11.5 Å². The molecule has 0 amide bonds. The van der Waals surface area contributed by atoms with Crippen LogP contribution in [0.4, 0.5) is 5.69 Å². The lowest BCUT2D eigenvalue weighted by Gasteiger charge is -2.05. The van der Waals surface area contributed by atoms with Gasteiger partial charge < -0.3 is 4.42 Å². The Morgan fingerprint density at radius 1 is 0.926 bits per heavy atom. The van der Waals surface area contributed by atoms with Crippen LogP contribution in [0.25, 0.3) is 0 Å². The van der Waals surface area contributed by atoms with E-state index < -0.39 is 10.0 Å². The molecule has 0 aliphatic heterocycles. The highest BCUT2D eigenvalue weighted by molar-refractivity contribution is 7.89. The summed E-state index contributed by atoms with van der Waals surface area (Å²) in [7, 11) is -3.66. The zero-order valence-electron chi connectivity index (χ0n) is 13.7. The number of benzene rings is 2. The Bertz CT molecular complexity index is 1060. The number of sulfonamides is 1. The van der Waals surface area contributed by atoms with Crippen molar-refractivity contribution in [2.45, 2.75) is 11.4 Å². The molecule has 0 aliphatic rings. The maximum absolute atomic E-state index is 12.3. The van der Waals surface area contributed by atoms with Crippen LogP contribution in [0.2, 0.25) is 15.1 Å². The summed E-state index contributed by atoms with van der Waals surface area (Å²) in [5, 5.41) is 1.42. The summed E-state index contributed by atoms with van der Waals surface area (Å²) in [6.45, 7) is 0.00178. The van der Waals surface area contributed by atoms with Crippen molar-refractivity contribution in [1.29, 1.82) is 0 Å². The van der Waals surface area contributed by atoms with Gasteiger partial charge in [0.25, 0.3) is 0 Å². The molecule has 0 spiro atoms. The van der Waals surface area contributed by atoms with E-state index in [-0.39, 0.29) is 11.4 Å². The average Bonchev–Trinajstić information content (AvgIpc) is 3.06. The van der Waals surface area contributed by atoms with Crippen molar-refractivity contribution in [3.63, 3.8) is 0 Å². The molecule has 1 N–H and O–H groups in total. The molecular formula is C18H13Cl3N2O3S. The number of halogens is 3. The summed E-state index contributed by atoms with van der Waals surface area (Å²) in [4.78, 5) is 4.36. The van der Waals surface area contributed by atoms with Gasteiger partial charge in [0.05, 0.1) is 23.3 Å². The molecule has 27 heavy (non-hydrogen) atoms. The lowest BCUT2D eigenvalue weighted by molar-refractivity contribution is 0.494. The molecular weight excluding hydrogens is 431 g/mol. The van der Waals surface area contributed by atoms with Crippen LogP contribution >= 0.6 is 34.8 Å². The van der Waals surface area contributed by atoms with Gasteiger partial charge in [-0.1, -0.05) is 34.8 Å². The summed E-state index contributed by atoms with van der Waals surface area (Å²) in [5.74, 6) is 0.907. The highest BCUT2D eigenvalue weighted by Crippen LogP contribution is 2.24. The number of nitrogens with one attached hydrogen (secondary N) is 1. The summed E-state index contributed by atoms with van der Waals surface area (Å²) < 4.78 is 32.5. The van der Waals surface area contributed by atoms with E-state index in [1.165, 1.54) is 30.5 Å². The molecule has 0 atom stereocenters.